The zero-order valence-electron chi connectivity index (χ0n) is 48.9. The minimum absolute atomic E-state index is 0.301. The zero-order valence-corrected chi connectivity index (χ0v) is 48.9. The van der Waals surface area contributed by atoms with E-state index in [2.05, 4.69) is 34.2 Å². The average Bonchev–Trinajstić information content (AvgIpc) is 1.86. The van der Waals surface area contributed by atoms with Gasteiger partial charge in [-0.2, -0.15) is 0 Å². The molecule has 2 N–H and O–H groups in total. The van der Waals surface area contributed by atoms with Gasteiger partial charge in [0, 0.05) is 44.3 Å². The maximum atomic E-state index is 6.46. The molecule has 4 aromatic carbocycles. The van der Waals surface area contributed by atoms with Gasteiger partial charge in [-0.25, -0.2) is 9.97 Å². The molecule has 6 aliphatic heterocycles. The van der Waals surface area contributed by atoms with Crippen molar-refractivity contribution in [2.24, 2.45) is 0 Å². The highest BCUT2D eigenvalue weighted by Gasteiger charge is 2.24. The van der Waals surface area contributed by atoms with Gasteiger partial charge in [-0.3, -0.25) is 0 Å². The highest BCUT2D eigenvalue weighted by atomic mass is 16.6. The first-order valence-electron chi connectivity index (χ1n) is 30.1. The number of fused-ring (bicyclic) bond motifs is 12. The summed E-state index contributed by atoms with van der Waals surface area (Å²) in [6.45, 7) is 9.35. The second-order valence-corrected chi connectivity index (χ2v) is 20.8. The third-order valence-corrected chi connectivity index (χ3v) is 15.1. The van der Waals surface area contributed by atoms with Gasteiger partial charge in [-0.1, -0.05) is 24.3 Å². The molecular formula is C68H70N4O16. The Hall–Kier alpha value is -8.44. The van der Waals surface area contributed by atoms with Crippen LogP contribution in [0.3, 0.4) is 0 Å². The molecule has 0 fully saturated rings. The number of benzene rings is 4. The number of ether oxygens (including phenoxy) is 16. The lowest BCUT2D eigenvalue weighted by molar-refractivity contribution is 0.0223. The highest BCUT2D eigenvalue weighted by Crippen LogP contribution is 2.44. The van der Waals surface area contributed by atoms with Gasteiger partial charge in [0.1, 0.15) is 52.9 Å². The Morgan fingerprint density at radius 2 is 0.409 bits per heavy atom. The van der Waals surface area contributed by atoms with E-state index in [1.54, 1.807) is 0 Å². The smallest absolute Gasteiger partial charge is 0.161 e. The minimum atomic E-state index is 0.301. The first-order chi connectivity index (χ1) is 43.7. The van der Waals surface area contributed by atoms with Crippen molar-refractivity contribution in [3.8, 4) is 90.5 Å². The molecule has 13 rings (SSSR count). The van der Waals surface area contributed by atoms with Gasteiger partial charge in [0.15, 0.2) is 46.0 Å². The van der Waals surface area contributed by atoms with Gasteiger partial charge in [0.25, 0.3) is 0 Å². The molecule has 0 atom stereocenters. The van der Waals surface area contributed by atoms with Gasteiger partial charge in [0.05, 0.1) is 128 Å². The molecule has 0 aliphatic carbocycles. The average molecular weight is 1200 g/mol. The Bertz CT molecular complexity index is 3330. The van der Waals surface area contributed by atoms with E-state index in [0.717, 1.165) is 66.6 Å². The number of H-pyrrole nitrogens is 2. The SMILES string of the molecule is C1=Cc2nc1c(-c1ccc3c(c1)OCCOCCOCCO3)c1ccc([nH]1)c(-c1ccc3c(c1)OCCOCCOCCO3)c1nc(c(-c3ccc4c(c3)OCCOCCOCCO4)c3ccc([nH]3)c2-c2ccc3c(c2)OCCOCCOCCO3)C=C1. The quantitative estimate of drug-likeness (QED) is 0.168. The van der Waals surface area contributed by atoms with Crippen LogP contribution in [0.1, 0.15) is 22.8 Å². The van der Waals surface area contributed by atoms with Crippen LogP contribution in [0, 0.1) is 0 Å². The molecule has 88 heavy (non-hydrogen) atoms. The summed E-state index contributed by atoms with van der Waals surface area (Å²) < 4.78 is 97.4. The van der Waals surface area contributed by atoms with Gasteiger partial charge >= 0.3 is 0 Å². The molecule has 3 aromatic heterocycles. The standard InChI is InChI=1S/C68H70N4O16/c1-13-57-61(85-37-29-77-21-17-73-25-33-81-57)41-45(1)65-49-5-7-51(69-49)66(46-2-14-58-62(42-46)86-38-30-78-22-18-74-26-34-82-58)53-9-11-55(71-53)68(48-4-16-60-64(44-48)88-40-32-80-24-20-76-28-36-84-60)56-12-10-54(72-56)67(52-8-6-50(65)70-52)47-3-15-59-63(43-47)87-39-31-79-23-19-75-27-35-83-59/h1-16,41-44,69,72H,17-40H2. The topological polar surface area (TPSA) is 205 Å². The van der Waals surface area contributed by atoms with Crippen molar-refractivity contribution < 1.29 is 75.8 Å². The van der Waals surface area contributed by atoms with Gasteiger partial charge in [-0.15, -0.1) is 0 Å². The van der Waals surface area contributed by atoms with E-state index in [9.17, 15) is 0 Å². The first kappa shape index (κ1) is 58.6. The molecular weight excluding hydrogens is 1130 g/mol. The summed E-state index contributed by atoms with van der Waals surface area (Å²) in [6, 6.07) is 32.2. The van der Waals surface area contributed by atoms with Crippen molar-refractivity contribution in [3.05, 3.63) is 120 Å². The van der Waals surface area contributed by atoms with E-state index in [-0.39, 0.29) is 0 Å². The summed E-state index contributed by atoms with van der Waals surface area (Å²) in [5, 5.41) is 0. The molecule has 458 valence electrons. The van der Waals surface area contributed by atoms with Crippen molar-refractivity contribution >= 4 is 46.4 Å². The van der Waals surface area contributed by atoms with Crippen LogP contribution in [0.25, 0.3) is 90.9 Å². The lowest BCUT2D eigenvalue weighted by atomic mass is 10.0. The summed E-state index contributed by atoms with van der Waals surface area (Å²) in [5.41, 5.74) is 12.3. The van der Waals surface area contributed by atoms with Crippen LogP contribution in [-0.4, -0.2) is 179 Å². The second-order valence-electron chi connectivity index (χ2n) is 20.8. The fraction of sp³-hybridized carbons (Fsp3) is 0.353. The monoisotopic (exact) mass is 1200 g/mol. The third-order valence-electron chi connectivity index (χ3n) is 15.1. The lowest BCUT2D eigenvalue weighted by Gasteiger charge is -2.17. The normalized spacial score (nSPS) is 17.6. The van der Waals surface area contributed by atoms with Crippen molar-refractivity contribution in [3.63, 3.8) is 0 Å². The maximum Gasteiger partial charge on any atom is 0.161 e. The van der Waals surface area contributed by atoms with Crippen molar-refractivity contribution in [2.75, 3.05) is 159 Å². The van der Waals surface area contributed by atoms with Crippen LogP contribution in [0.2, 0.25) is 0 Å². The number of rotatable bonds is 4. The van der Waals surface area contributed by atoms with Crippen molar-refractivity contribution in [1.29, 1.82) is 0 Å². The van der Waals surface area contributed by atoms with Crippen LogP contribution in [-0.2, 0) is 37.9 Å². The van der Waals surface area contributed by atoms with E-state index in [0.29, 0.717) is 227 Å². The first-order valence-corrected chi connectivity index (χ1v) is 30.1. The molecule has 0 radical (unpaired) electrons. The van der Waals surface area contributed by atoms with Crippen LogP contribution < -0.4 is 37.9 Å². The number of hydrogen-bond acceptors (Lipinski definition) is 18. The fourth-order valence-corrected chi connectivity index (χ4v) is 11.0. The summed E-state index contributed by atoms with van der Waals surface area (Å²) in [7, 11) is 0. The van der Waals surface area contributed by atoms with E-state index in [1.807, 2.05) is 97.1 Å². The Labute approximate surface area is 509 Å². The van der Waals surface area contributed by atoms with E-state index >= 15 is 0 Å². The van der Waals surface area contributed by atoms with Gasteiger partial charge in [0.2, 0.25) is 0 Å². The van der Waals surface area contributed by atoms with Crippen molar-refractivity contribution in [2.45, 2.75) is 0 Å². The summed E-state index contributed by atoms with van der Waals surface area (Å²) in [4.78, 5) is 19.0. The lowest BCUT2D eigenvalue weighted by Crippen LogP contribution is -2.15. The molecule has 0 saturated carbocycles. The van der Waals surface area contributed by atoms with Crippen LogP contribution in [0.4, 0.5) is 0 Å². The molecule has 0 amide bonds. The van der Waals surface area contributed by atoms with E-state index < -0.39 is 0 Å². The molecule has 0 unspecified atom stereocenters. The molecule has 6 aliphatic rings. The minimum Gasteiger partial charge on any atom is -0.487 e. The Kier molecular flexibility index (Phi) is 19.3. The predicted molar refractivity (Wildman–Crippen MR) is 331 cm³/mol. The van der Waals surface area contributed by atoms with Crippen molar-refractivity contribution in [1.82, 2.24) is 19.9 Å². The number of nitrogens with one attached hydrogen (secondary N) is 2. The zero-order chi connectivity index (χ0) is 59.1. The molecule has 0 spiro atoms. The van der Waals surface area contributed by atoms with E-state index in [1.165, 1.54) is 0 Å². The summed E-state index contributed by atoms with van der Waals surface area (Å²) >= 11 is 0. The fourth-order valence-electron chi connectivity index (χ4n) is 11.0. The number of aromatic amines is 2. The summed E-state index contributed by atoms with van der Waals surface area (Å²) in [5.74, 6) is 4.55. The molecule has 0 saturated heterocycles. The molecule has 20 nitrogen and oxygen atoms in total. The van der Waals surface area contributed by atoms with Crippen LogP contribution >= 0.6 is 0 Å². The third kappa shape index (κ3) is 14.1. The van der Waals surface area contributed by atoms with Gasteiger partial charge < -0.3 is 85.8 Å². The summed E-state index contributed by atoms with van der Waals surface area (Å²) in [6.07, 6.45) is 8.20. The van der Waals surface area contributed by atoms with Crippen LogP contribution in [0.15, 0.2) is 97.1 Å². The Balaban J connectivity index is 1.07. The molecule has 9 heterocycles. The Morgan fingerprint density at radius 3 is 0.625 bits per heavy atom. The largest absolute Gasteiger partial charge is 0.487 e. The maximum absolute atomic E-state index is 6.46. The number of aromatic nitrogens is 4. The number of hydrogen-bond donors (Lipinski definition) is 2. The Morgan fingerprint density at radius 1 is 0.216 bits per heavy atom. The molecule has 20 heteroatoms. The number of nitrogens with zero attached hydrogens (tertiary/aromatic N) is 2. The molecule has 7 aromatic rings. The van der Waals surface area contributed by atoms with E-state index in [4.69, 9.17) is 85.8 Å². The van der Waals surface area contributed by atoms with Gasteiger partial charge in [-0.05, 0) is 119 Å². The molecule has 8 bridgehead atoms. The second kappa shape index (κ2) is 29.0. The van der Waals surface area contributed by atoms with Crippen LogP contribution in [0.5, 0.6) is 46.0 Å². The predicted octanol–water partition coefficient (Wildman–Crippen LogP) is 10.5. The highest BCUT2D eigenvalue weighted by molar-refractivity contribution is 6.00.